The lowest BCUT2D eigenvalue weighted by atomic mass is 10.1. The molecule has 1 unspecified atom stereocenters. The number of esters is 1. The minimum atomic E-state index is -0.313. The molecule has 152 valence electrons. The first kappa shape index (κ1) is 19.1. The summed E-state index contributed by atoms with van der Waals surface area (Å²) < 4.78 is 12.6. The summed E-state index contributed by atoms with van der Waals surface area (Å²) in [7, 11) is 1.89. The van der Waals surface area contributed by atoms with Crippen LogP contribution in [0.2, 0.25) is 0 Å². The van der Waals surface area contributed by atoms with Crippen LogP contribution >= 0.6 is 0 Å². The number of aryl methyl sites for hydroxylation is 2. The number of carbonyl (C=O) groups is 1. The molecule has 2 saturated heterocycles. The van der Waals surface area contributed by atoms with Crippen LogP contribution in [0.15, 0.2) is 6.20 Å². The second-order valence-electron chi connectivity index (χ2n) is 7.66. The van der Waals surface area contributed by atoms with Crippen molar-refractivity contribution in [3.63, 3.8) is 0 Å². The Morgan fingerprint density at radius 3 is 2.86 bits per heavy atom. The van der Waals surface area contributed by atoms with Crippen molar-refractivity contribution in [2.45, 2.75) is 20.3 Å². The first-order valence-electron chi connectivity index (χ1n) is 10.1. The largest absolute Gasteiger partial charge is 0.462 e. The van der Waals surface area contributed by atoms with Crippen molar-refractivity contribution >= 4 is 22.7 Å². The van der Waals surface area contributed by atoms with E-state index in [0.717, 1.165) is 74.8 Å². The van der Waals surface area contributed by atoms with Gasteiger partial charge in [-0.05, 0) is 26.2 Å². The summed E-state index contributed by atoms with van der Waals surface area (Å²) in [5.74, 6) is 0.264. The molecule has 0 aliphatic carbocycles. The molecule has 0 spiro atoms. The maximum Gasteiger partial charge on any atom is 0.341 e. The van der Waals surface area contributed by atoms with Crippen LogP contribution in [-0.2, 0) is 16.5 Å². The van der Waals surface area contributed by atoms with Gasteiger partial charge in [-0.25, -0.2) is 9.78 Å². The van der Waals surface area contributed by atoms with E-state index < -0.39 is 0 Å². The van der Waals surface area contributed by atoms with Gasteiger partial charge in [0.25, 0.3) is 0 Å². The number of pyridine rings is 1. The number of anilines is 1. The molecule has 4 rings (SSSR count). The minimum absolute atomic E-state index is 0.313. The number of nitrogens with zero attached hydrogens (tertiary/aromatic N) is 5. The molecule has 8 heteroatoms. The van der Waals surface area contributed by atoms with E-state index in [0.29, 0.717) is 18.1 Å². The van der Waals surface area contributed by atoms with Gasteiger partial charge in [0.1, 0.15) is 5.56 Å². The summed E-state index contributed by atoms with van der Waals surface area (Å²) in [6, 6.07) is 0. The highest BCUT2D eigenvalue weighted by Gasteiger charge is 2.31. The van der Waals surface area contributed by atoms with E-state index in [-0.39, 0.29) is 5.97 Å². The normalized spacial score (nSPS) is 20.8. The number of morpholine rings is 1. The molecule has 0 amide bonds. The van der Waals surface area contributed by atoms with Crippen LogP contribution in [0.3, 0.4) is 0 Å². The van der Waals surface area contributed by atoms with Gasteiger partial charge in [-0.3, -0.25) is 9.58 Å². The molecule has 28 heavy (non-hydrogen) atoms. The molecule has 1 atom stereocenters. The average molecular weight is 387 g/mol. The maximum absolute atomic E-state index is 12.6. The number of fused-ring (bicyclic) bond motifs is 1. The Labute approximate surface area is 165 Å². The molecule has 0 aromatic carbocycles. The van der Waals surface area contributed by atoms with Crippen LogP contribution in [0.1, 0.15) is 29.4 Å². The van der Waals surface area contributed by atoms with Crippen molar-refractivity contribution in [1.29, 1.82) is 0 Å². The topological polar surface area (TPSA) is 72.7 Å². The third kappa shape index (κ3) is 3.58. The van der Waals surface area contributed by atoms with Gasteiger partial charge >= 0.3 is 5.97 Å². The Hall–Kier alpha value is -2.19. The predicted octanol–water partition coefficient (Wildman–Crippen LogP) is 1.61. The molecule has 2 aromatic rings. The van der Waals surface area contributed by atoms with Crippen molar-refractivity contribution < 1.29 is 14.3 Å². The van der Waals surface area contributed by atoms with Crippen LogP contribution in [0.4, 0.5) is 5.69 Å². The first-order chi connectivity index (χ1) is 13.6. The van der Waals surface area contributed by atoms with E-state index in [1.807, 2.05) is 20.9 Å². The summed E-state index contributed by atoms with van der Waals surface area (Å²) in [6.07, 6.45) is 2.76. The summed E-state index contributed by atoms with van der Waals surface area (Å²) in [4.78, 5) is 22.0. The highest BCUT2D eigenvalue weighted by Crippen LogP contribution is 2.35. The van der Waals surface area contributed by atoms with Crippen LogP contribution in [-0.4, -0.2) is 78.2 Å². The van der Waals surface area contributed by atoms with E-state index in [1.165, 1.54) is 0 Å². The lowest BCUT2D eigenvalue weighted by Crippen LogP contribution is -2.40. The Kier molecular flexibility index (Phi) is 5.50. The number of aromatic nitrogens is 3. The summed E-state index contributed by atoms with van der Waals surface area (Å²) in [6.45, 7) is 10.7. The quantitative estimate of drug-likeness (QED) is 0.722. The molecule has 2 fully saturated rings. The second-order valence-corrected chi connectivity index (χ2v) is 7.66. The predicted molar refractivity (Wildman–Crippen MR) is 107 cm³/mol. The fourth-order valence-electron chi connectivity index (χ4n) is 4.41. The van der Waals surface area contributed by atoms with E-state index in [2.05, 4.69) is 19.9 Å². The van der Waals surface area contributed by atoms with E-state index in [4.69, 9.17) is 9.47 Å². The zero-order chi connectivity index (χ0) is 19.7. The van der Waals surface area contributed by atoms with Crippen molar-refractivity contribution in [2.24, 2.45) is 13.0 Å². The van der Waals surface area contributed by atoms with Gasteiger partial charge in [0.2, 0.25) is 0 Å². The van der Waals surface area contributed by atoms with Gasteiger partial charge in [0, 0.05) is 46.0 Å². The number of ether oxygens (including phenoxy) is 2. The van der Waals surface area contributed by atoms with Crippen molar-refractivity contribution in [3.05, 3.63) is 17.5 Å². The van der Waals surface area contributed by atoms with Gasteiger partial charge in [-0.15, -0.1) is 0 Å². The molecule has 2 aromatic heterocycles. The van der Waals surface area contributed by atoms with Gasteiger partial charge in [-0.2, -0.15) is 5.10 Å². The zero-order valence-corrected chi connectivity index (χ0v) is 17.0. The first-order valence-corrected chi connectivity index (χ1v) is 10.1. The Balaban J connectivity index is 1.64. The smallest absolute Gasteiger partial charge is 0.341 e. The van der Waals surface area contributed by atoms with E-state index in [9.17, 15) is 4.79 Å². The number of carbonyl (C=O) groups excluding carboxylic acids is 1. The number of hydrogen-bond donors (Lipinski definition) is 0. The lowest BCUT2D eigenvalue weighted by molar-refractivity contribution is 0.0320. The third-order valence-corrected chi connectivity index (χ3v) is 5.72. The Bertz CT molecular complexity index is 859. The average Bonchev–Trinajstić information content (AvgIpc) is 3.26. The van der Waals surface area contributed by atoms with Crippen LogP contribution < -0.4 is 4.90 Å². The summed E-state index contributed by atoms with van der Waals surface area (Å²) in [5.41, 5.74) is 3.16. The second kappa shape index (κ2) is 8.05. The lowest BCUT2D eigenvalue weighted by Gasteiger charge is -2.29. The molecule has 0 N–H and O–H groups in total. The summed E-state index contributed by atoms with van der Waals surface area (Å²) in [5, 5.41) is 5.49. The standard InChI is InChI=1S/C20H29N5O3/c1-4-28-20(26)16-11-21-19-17(14(2)22-23(19)3)18(16)25-6-5-15(13-25)12-24-7-9-27-10-8-24/h11,15H,4-10,12-13H2,1-3H3. The summed E-state index contributed by atoms with van der Waals surface area (Å²) >= 11 is 0. The highest BCUT2D eigenvalue weighted by atomic mass is 16.5. The maximum atomic E-state index is 12.6. The number of hydrogen-bond acceptors (Lipinski definition) is 7. The molecular formula is C20H29N5O3. The van der Waals surface area contributed by atoms with Crippen molar-refractivity contribution in [2.75, 3.05) is 57.4 Å². The highest BCUT2D eigenvalue weighted by molar-refractivity contribution is 6.05. The molecule has 2 aliphatic heterocycles. The van der Waals surface area contributed by atoms with Crippen molar-refractivity contribution in [3.8, 4) is 0 Å². The molecule has 2 aliphatic rings. The van der Waals surface area contributed by atoms with E-state index in [1.54, 1.807) is 10.9 Å². The molecular weight excluding hydrogens is 358 g/mol. The molecule has 4 heterocycles. The number of rotatable bonds is 5. The molecule has 0 saturated carbocycles. The van der Waals surface area contributed by atoms with Gasteiger partial charge in [0.15, 0.2) is 5.65 Å². The van der Waals surface area contributed by atoms with Crippen LogP contribution in [0, 0.1) is 12.8 Å². The van der Waals surface area contributed by atoms with Gasteiger partial charge < -0.3 is 14.4 Å². The zero-order valence-electron chi connectivity index (χ0n) is 17.0. The Morgan fingerprint density at radius 1 is 1.32 bits per heavy atom. The van der Waals surface area contributed by atoms with E-state index >= 15 is 0 Å². The third-order valence-electron chi connectivity index (χ3n) is 5.72. The monoisotopic (exact) mass is 387 g/mol. The molecule has 8 nitrogen and oxygen atoms in total. The molecule has 0 radical (unpaired) electrons. The van der Waals surface area contributed by atoms with Crippen LogP contribution in [0.5, 0.6) is 0 Å². The van der Waals surface area contributed by atoms with Gasteiger partial charge in [0.05, 0.1) is 36.6 Å². The SMILES string of the molecule is CCOC(=O)c1cnc2c(c(C)nn2C)c1N1CCC(CN2CCOCC2)C1. The Morgan fingerprint density at radius 2 is 2.11 bits per heavy atom. The minimum Gasteiger partial charge on any atom is -0.462 e. The fourth-order valence-corrected chi connectivity index (χ4v) is 4.41. The van der Waals surface area contributed by atoms with Gasteiger partial charge in [-0.1, -0.05) is 0 Å². The fraction of sp³-hybridized carbons (Fsp3) is 0.650. The van der Waals surface area contributed by atoms with Crippen molar-refractivity contribution in [1.82, 2.24) is 19.7 Å². The van der Waals surface area contributed by atoms with Crippen LogP contribution in [0.25, 0.3) is 11.0 Å². The molecule has 0 bridgehead atoms.